The Morgan fingerprint density at radius 2 is 1.50 bits per heavy atom. The molecule has 162 valence electrons. The predicted molar refractivity (Wildman–Crippen MR) is 99.5 cm³/mol. The van der Waals surface area contributed by atoms with Gasteiger partial charge in [-0.1, -0.05) is 12.1 Å². The average Bonchev–Trinajstić information content (AvgIpc) is 2.66. The van der Waals surface area contributed by atoms with Crippen LogP contribution in [0.25, 0.3) is 6.08 Å². The first-order valence-electron chi connectivity index (χ1n) is 8.93. The third kappa shape index (κ3) is 8.10. The third-order valence-electron chi connectivity index (χ3n) is 3.86. The van der Waals surface area contributed by atoms with E-state index in [1.54, 1.807) is 0 Å². The van der Waals surface area contributed by atoms with Crippen molar-refractivity contribution in [2.45, 2.75) is 31.5 Å². The van der Waals surface area contributed by atoms with Crippen molar-refractivity contribution in [3.63, 3.8) is 0 Å². The van der Waals surface area contributed by atoms with Crippen molar-refractivity contribution in [3.8, 4) is 11.5 Å². The van der Waals surface area contributed by atoms with Gasteiger partial charge in [0.15, 0.2) is 0 Å². The van der Waals surface area contributed by atoms with E-state index < -0.39 is 30.2 Å². The van der Waals surface area contributed by atoms with E-state index in [9.17, 15) is 26.7 Å². The van der Waals surface area contributed by atoms with Gasteiger partial charge in [-0.05, 0) is 60.9 Å². The van der Waals surface area contributed by atoms with Crippen molar-refractivity contribution in [2.75, 3.05) is 6.61 Å². The SMILES string of the molecule is O=C(O)/C=C/c1ccc(C(F)(F)Oc2ccc(OCCCCC(F)(F)F)cc2)cc1. The number of alkyl halides is 5. The highest BCUT2D eigenvalue weighted by atomic mass is 19.4. The first kappa shape index (κ1) is 23.2. The van der Waals surface area contributed by atoms with E-state index >= 15 is 0 Å². The Kier molecular flexibility index (Phi) is 7.79. The van der Waals surface area contributed by atoms with Crippen molar-refractivity contribution >= 4 is 12.0 Å². The molecule has 30 heavy (non-hydrogen) atoms. The molecule has 0 fully saturated rings. The van der Waals surface area contributed by atoms with Crippen LogP contribution in [0.1, 0.15) is 30.4 Å². The van der Waals surface area contributed by atoms with Gasteiger partial charge in [0.05, 0.1) is 12.2 Å². The van der Waals surface area contributed by atoms with E-state index in [4.69, 9.17) is 14.6 Å². The lowest BCUT2D eigenvalue weighted by Gasteiger charge is -2.18. The fraction of sp³-hybridized carbons (Fsp3) is 0.286. The standard InChI is InChI=1S/C21H19F5O4/c22-20(23,24)13-1-2-14-29-17-8-10-18(11-9-17)30-21(25,26)16-6-3-15(4-7-16)5-12-19(27)28/h3-12H,1-2,13-14H2,(H,27,28)/b12-5+. The first-order valence-corrected chi connectivity index (χ1v) is 8.93. The topological polar surface area (TPSA) is 55.8 Å². The lowest BCUT2D eigenvalue weighted by Crippen LogP contribution is -2.21. The van der Waals surface area contributed by atoms with Crippen molar-refractivity contribution in [1.82, 2.24) is 0 Å². The molecule has 0 saturated heterocycles. The zero-order valence-electron chi connectivity index (χ0n) is 15.7. The van der Waals surface area contributed by atoms with E-state index in [1.807, 2.05) is 0 Å². The Hall–Kier alpha value is -3.10. The van der Waals surface area contributed by atoms with Crippen LogP contribution in [0, 0.1) is 0 Å². The molecule has 0 aromatic heterocycles. The molecule has 0 aliphatic rings. The molecule has 2 aromatic rings. The van der Waals surface area contributed by atoms with Crippen molar-refractivity contribution in [1.29, 1.82) is 0 Å². The van der Waals surface area contributed by atoms with E-state index in [2.05, 4.69) is 0 Å². The second kappa shape index (κ2) is 10.1. The minimum absolute atomic E-state index is 0.0538. The van der Waals surface area contributed by atoms with E-state index in [-0.39, 0.29) is 25.2 Å². The molecular formula is C21H19F5O4. The summed E-state index contributed by atoms with van der Waals surface area (Å²) in [6, 6.07) is 10.2. The number of carbonyl (C=O) groups is 1. The monoisotopic (exact) mass is 430 g/mol. The Bertz CT molecular complexity index is 843. The zero-order chi connectivity index (χ0) is 22.2. The molecule has 1 N–H and O–H groups in total. The van der Waals surface area contributed by atoms with Crippen LogP contribution < -0.4 is 9.47 Å². The number of hydrogen-bond donors (Lipinski definition) is 1. The molecule has 0 spiro atoms. The lowest BCUT2D eigenvalue weighted by atomic mass is 10.1. The summed E-state index contributed by atoms with van der Waals surface area (Å²) >= 11 is 0. The number of ether oxygens (including phenoxy) is 2. The summed E-state index contributed by atoms with van der Waals surface area (Å²) in [6.45, 7) is 0.0785. The fourth-order valence-electron chi connectivity index (χ4n) is 2.38. The van der Waals surface area contributed by atoms with Gasteiger partial charge in [-0.15, -0.1) is 0 Å². The first-order chi connectivity index (χ1) is 14.0. The number of rotatable bonds is 10. The Balaban J connectivity index is 1.88. The highest BCUT2D eigenvalue weighted by Gasteiger charge is 2.34. The second-order valence-corrected chi connectivity index (χ2v) is 6.30. The maximum absolute atomic E-state index is 14.3. The van der Waals surface area contributed by atoms with Gasteiger partial charge in [0.1, 0.15) is 11.5 Å². The number of unbranched alkanes of at least 4 members (excludes halogenated alkanes) is 1. The number of halogens is 5. The Morgan fingerprint density at radius 3 is 2.07 bits per heavy atom. The summed E-state index contributed by atoms with van der Waals surface area (Å²) in [5, 5.41) is 8.57. The lowest BCUT2D eigenvalue weighted by molar-refractivity contribution is -0.185. The van der Waals surface area contributed by atoms with Crippen molar-refractivity contribution < 1.29 is 41.3 Å². The molecule has 0 bridgehead atoms. The van der Waals surface area contributed by atoms with Gasteiger partial charge in [0, 0.05) is 12.5 Å². The number of hydrogen-bond acceptors (Lipinski definition) is 3. The molecule has 0 saturated carbocycles. The molecule has 9 heteroatoms. The van der Waals surface area contributed by atoms with Crippen molar-refractivity contribution in [3.05, 3.63) is 65.7 Å². The maximum atomic E-state index is 14.3. The minimum Gasteiger partial charge on any atom is -0.494 e. The van der Waals surface area contributed by atoms with E-state index in [0.717, 1.165) is 18.2 Å². The smallest absolute Gasteiger partial charge is 0.426 e. The second-order valence-electron chi connectivity index (χ2n) is 6.30. The van der Waals surface area contributed by atoms with E-state index in [1.165, 1.54) is 42.5 Å². The summed E-state index contributed by atoms with van der Waals surface area (Å²) in [5.74, 6) is -0.951. The highest BCUT2D eigenvalue weighted by molar-refractivity contribution is 5.85. The van der Waals surface area contributed by atoms with Gasteiger partial charge >= 0.3 is 18.3 Å². The van der Waals surface area contributed by atoms with Gasteiger partial charge in [0.25, 0.3) is 0 Å². The summed E-state index contributed by atoms with van der Waals surface area (Å²) in [5.41, 5.74) is 0.0219. The van der Waals surface area contributed by atoms with Crippen LogP contribution in [0.15, 0.2) is 54.6 Å². The number of benzene rings is 2. The molecular weight excluding hydrogens is 411 g/mol. The highest BCUT2D eigenvalue weighted by Crippen LogP contribution is 2.32. The average molecular weight is 430 g/mol. The largest absolute Gasteiger partial charge is 0.494 e. The Morgan fingerprint density at radius 1 is 0.900 bits per heavy atom. The molecule has 0 aliphatic heterocycles. The zero-order valence-corrected chi connectivity index (χ0v) is 15.7. The van der Waals surface area contributed by atoms with Gasteiger partial charge in [-0.2, -0.15) is 22.0 Å². The van der Waals surface area contributed by atoms with Gasteiger partial charge < -0.3 is 14.6 Å². The van der Waals surface area contributed by atoms with Crippen LogP contribution in [-0.4, -0.2) is 23.9 Å². The number of carboxylic acids is 1. The maximum Gasteiger partial charge on any atom is 0.426 e. The molecule has 2 aromatic carbocycles. The normalized spacial score (nSPS) is 12.2. The summed E-state index contributed by atoms with van der Waals surface area (Å²) in [4.78, 5) is 10.5. The molecule has 0 heterocycles. The van der Waals surface area contributed by atoms with Crippen LogP contribution in [0.5, 0.6) is 11.5 Å². The predicted octanol–water partition coefficient (Wildman–Crippen LogP) is 6.02. The molecule has 0 unspecified atom stereocenters. The summed E-state index contributed by atoms with van der Waals surface area (Å²) in [7, 11) is 0. The van der Waals surface area contributed by atoms with Crippen LogP contribution >= 0.6 is 0 Å². The molecule has 4 nitrogen and oxygen atoms in total. The van der Waals surface area contributed by atoms with Crippen molar-refractivity contribution in [2.24, 2.45) is 0 Å². The third-order valence-corrected chi connectivity index (χ3v) is 3.86. The van der Waals surface area contributed by atoms with Crippen LogP contribution in [0.4, 0.5) is 22.0 Å². The molecule has 0 aliphatic carbocycles. The fourth-order valence-corrected chi connectivity index (χ4v) is 2.38. The van der Waals surface area contributed by atoms with Crippen LogP contribution in [0.2, 0.25) is 0 Å². The van der Waals surface area contributed by atoms with Crippen LogP contribution in [0.3, 0.4) is 0 Å². The summed E-state index contributed by atoms with van der Waals surface area (Å²) < 4.78 is 74.8. The molecule has 0 amide bonds. The summed E-state index contributed by atoms with van der Waals surface area (Å²) in [6.07, 6.45) is -6.38. The van der Waals surface area contributed by atoms with Gasteiger partial charge in [-0.25, -0.2) is 4.79 Å². The Labute approximate surface area is 169 Å². The number of aliphatic carboxylic acids is 1. The molecule has 0 atom stereocenters. The van der Waals surface area contributed by atoms with E-state index in [0.29, 0.717) is 11.3 Å². The quantitative estimate of drug-likeness (QED) is 0.284. The van der Waals surface area contributed by atoms with Crippen LogP contribution in [-0.2, 0) is 10.9 Å². The number of carboxylic acid groups (broad SMARTS) is 1. The molecule has 2 rings (SSSR count). The van der Waals surface area contributed by atoms with Gasteiger partial charge in [0.2, 0.25) is 0 Å². The minimum atomic E-state index is -4.19. The van der Waals surface area contributed by atoms with Gasteiger partial charge in [-0.3, -0.25) is 0 Å². The molecule has 0 radical (unpaired) electrons.